The second kappa shape index (κ2) is 8.93. The Hall–Kier alpha value is -3.51. The van der Waals surface area contributed by atoms with Gasteiger partial charge in [0.25, 0.3) is 5.56 Å². The molecule has 176 valence electrons. The van der Waals surface area contributed by atoms with Gasteiger partial charge in [-0.15, -0.1) is 0 Å². The maximum absolute atomic E-state index is 13.9. The van der Waals surface area contributed by atoms with Crippen LogP contribution in [0.1, 0.15) is 43.5 Å². The first-order valence-electron chi connectivity index (χ1n) is 12.2. The van der Waals surface area contributed by atoms with Gasteiger partial charge >= 0.3 is 0 Å². The van der Waals surface area contributed by atoms with Crippen LogP contribution in [0.15, 0.2) is 65.0 Å². The van der Waals surface area contributed by atoms with Gasteiger partial charge in [0.1, 0.15) is 16.7 Å². The predicted octanol–water partition coefficient (Wildman–Crippen LogP) is 6.20. The third-order valence-corrected chi connectivity index (χ3v) is 7.34. The van der Waals surface area contributed by atoms with Gasteiger partial charge in [-0.1, -0.05) is 53.6 Å². The highest BCUT2D eigenvalue weighted by atomic mass is 35.5. The van der Waals surface area contributed by atoms with Gasteiger partial charge in [-0.3, -0.25) is 9.36 Å². The zero-order valence-electron chi connectivity index (χ0n) is 19.7. The molecule has 1 aliphatic carbocycles. The first kappa shape index (κ1) is 22.0. The largest absolute Gasteiger partial charge is 0.308 e. The molecule has 35 heavy (non-hydrogen) atoms. The van der Waals surface area contributed by atoms with E-state index >= 15 is 0 Å². The number of aromatic nitrogens is 5. The molecule has 5 aromatic rings. The summed E-state index contributed by atoms with van der Waals surface area (Å²) in [6.45, 7) is 2.95. The second-order valence-electron chi connectivity index (χ2n) is 9.23. The molecular formula is C28H26ClN5O. The summed E-state index contributed by atoms with van der Waals surface area (Å²) in [4.78, 5) is 28.7. The number of nitrogens with zero attached hydrogens (tertiary/aromatic N) is 5. The molecule has 3 heterocycles. The molecule has 6 rings (SSSR count). The van der Waals surface area contributed by atoms with Crippen molar-refractivity contribution in [2.24, 2.45) is 0 Å². The number of fused-ring (bicyclic) bond motifs is 4. The highest BCUT2D eigenvalue weighted by Crippen LogP contribution is 2.28. The van der Waals surface area contributed by atoms with Gasteiger partial charge in [0.2, 0.25) is 0 Å². The van der Waals surface area contributed by atoms with Crippen LogP contribution in [0.4, 0.5) is 0 Å². The molecule has 1 aliphatic rings. The fourth-order valence-electron chi connectivity index (χ4n) is 5.08. The summed E-state index contributed by atoms with van der Waals surface area (Å²) in [5, 5.41) is 1.15. The second-order valence-corrected chi connectivity index (χ2v) is 9.64. The van der Waals surface area contributed by atoms with E-state index in [1.54, 1.807) is 4.57 Å². The van der Waals surface area contributed by atoms with E-state index in [0.29, 0.717) is 33.9 Å². The molecule has 3 aromatic heterocycles. The summed E-state index contributed by atoms with van der Waals surface area (Å²) in [5.74, 6) is 0.646. The molecule has 0 unspecified atom stereocenters. The van der Waals surface area contributed by atoms with Crippen molar-refractivity contribution in [3.63, 3.8) is 0 Å². The summed E-state index contributed by atoms with van der Waals surface area (Å²) in [6.07, 6.45) is 8.10. The van der Waals surface area contributed by atoms with Crippen molar-refractivity contribution in [1.29, 1.82) is 0 Å². The lowest BCUT2D eigenvalue weighted by atomic mass is 9.97. The molecule has 2 aromatic carbocycles. The lowest BCUT2D eigenvalue weighted by Gasteiger charge is -2.14. The number of aryl methyl sites for hydroxylation is 2. The molecule has 6 nitrogen and oxygen atoms in total. The monoisotopic (exact) mass is 483 g/mol. The number of rotatable bonds is 5. The quantitative estimate of drug-likeness (QED) is 0.279. The number of halogens is 1. The van der Waals surface area contributed by atoms with E-state index in [1.807, 2.05) is 55.5 Å². The summed E-state index contributed by atoms with van der Waals surface area (Å²) in [7, 11) is 0. The van der Waals surface area contributed by atoms with E-state index in [0.717, 1.165) is 48.1 Å². The first-order valence-corrected chi connectivity index (χ1v) is 12.6. The average molecular weight is 484 g/mol. The topological polar surface area (TPSA) is 65.6 Å². The molecule has 0 radical (unpaired) electrons. The number of para-hydroxylation sites is 2. The van der Waals surface area contributed by atoms with Gasteiger partial charge in [-0.2, -0.15) is 0 Å². The molecular weight excluding hydrogens is 458 g/mol. The van der Waals surface area contributed by atoms with Gasteiger partial charge in [-0.05, 0) is 62.8 Å². The number of hydrogen-bond donors (Lipinski definition) is 0. The van der Waals surface area contributed by atoms with Crippen molar-refractivity contribution >= 4 is 44.8 Å². The fourth-order valence-corrected chi connectivity index (χ4v) is 5.27. The third kappa shape index (κ3) is 3.92. The van der Waals surface area contributed by atoms with Crippen molar-refractivity contribution in [3.8, 4) is 0 Å². The fraction of sp³-hybridized carbons (Fsp3) is 0.286. The number of benzene rings is 2. The summed E-state index contributed by atoms with van der Waals surface area (Å²) >= 11 is 6.41. The van der Waals surface area contributed by atoms with Crippen molar-refractivity contribution in [3.05, 3.63) is 86.9 Å². The van der Waals surface area contributed by atoms with Crippen LogP contribution in [0.25, 0.3) is 33.2 Å². The maximum Gasteiger partial charge on any atom is 0.265 e. The van der Waals surface area contributed by atoms with Gasteiger partial charge in [-0.25, -0.2) is 15.0 Å². The Morgan fingerprint density at radius 1 is 0.914 bits per heavy atom. The van der Waals surface area contributed by atoms with E-state index in [4.69, 9.17) is 26.6 Å². The van der Waals surface area contributed by atoms with Crippen LogP contribution in [0, 0.1) is 6.92 Å². The Bertz CT molecular complexity index is 1680. The van der Waals surface area contributed by atoms with Crippen LogP contribution < -0.4 is 5.56 Å². The lowest BCUT2D eigenvalue weighted by molar-refractivity contribution is 0.636. The maximum atomic E-state index is 13.9. The molecule has 0 atom stereocenters. The molecule has 0 N–H and O–H groups in total. The molecule has 0 fully saturated rings. The van der Waals surface area contributed by atoms with Crippen molar-refractivity contribution in [1.82, 2.24) is 24.1 Å². The zero-order chi connectivity index (χ0) is 23.9. The molecule has 0 saturated carbocycles. The van der Waals surface area contributed by atoms with Crippen LogP contribution in [0.3, 0.4) is 0 Å². The predicted molar refractivity (Wildman–Crippen MR) is 141 cm³/mol. The van der Waals surface area contributed by atoms with Crippen LogP contribution in [0.2, 0.25) is 5.02 Å². The van der Waals surface area contributed by atoms with E-state index < -0.39 is 0 Å². The van der Waals surface area contributed by atoms with Crippen LogP contribution in [-0.2, 0) is 13.1 Å². The summed E-state index contributed by atoms with van der Waals surface area (Å²) in [6, 6.07) is 15.4. The Balaban J connectivity index is 1.57. The first-order chi connectivity index (χ1) is 17.1. The highest BCUT2D eigenvalue weighted by Gasteiger charge is 2.22. The highest BCUT2D eigenvalue weighted by molar-refractivity contribution is 6.31. The summed E-state index contributed by atoms with van der Waals surface area (Å²) < 4.78 is 3.78. The number of allylic oxidation sites excluding steroid dienone is 2. The van der Waals surface area contributed by atoms with Crippen molar-refractivity contribution in [2.75, 3.05) is 0 Å². The van der Waals surface area contributed by atoms with E-state index in [-0.39, 0.29) is 5.56 Å². The average Bonchev–Trinajstić information content (AvgIpc) is 3.17. The minimum atomic E-state index is -0.113. The Labute approximate surface area is 207 Å². The van der Waals surface area contributed by atoms with Gasteiger partial charge < -0.3 is 4.57 Å². The van der Waals surface area contributed by atoms with E-state index in [9.17, 15) is 4.79 Å². The van der Waals surface area contributed by atoms with Crippen LogP contribution in [-0.4, -0.2) is 24.1 Å². The summed E-state index contributed by atoms with van der Waals surface area (Å²) in [5.41, 5.74) is 5.81. The standard InChI is InChI=1S/C28H26ClN5O/c1-18-30-26-24(28(35)34(18)17-20-11-5-6-12-21(20)29)25-27(32-23-14-8-7-13-22(23)31-25)33(26)16-15-19-9-3-2-4-10-19/h5-9,11-14H,2-4,10,15-17H2,1H3. The van der Waals surface area contributed by atoms with E-state index in [2.05, 4.69) is 10.6 Å². The van der Waals surface area contributed by atoms with Crippen LogP contribution in [0.5, 0.6) is 0 Å². The van der Waals surface area contributed by atoms with Crippen molar-refractivity contribution < 1.29 is 0 Å². The minimum Gasteiger partial charge on any atom is -0.308 e. The third-order valence-electron chi connectivity index (χ3n) is 6.97. The van der Waals surface area contributed by atoms with Gasteiger partial charge in [0.05, 0.1) is 17.6 Å². The SMILES string of the molecule is Cc1nc2c(c(=O)n1Cc1ccccc1Cl)c1nc3ccccc3nc1n2CCC1=CCCCC1. The smallest absolute Gasteiger partial charge is 0.265 e. The molecule has 0 bridgehead atoms. The Morgan fingerprint density at radius 3 is 2.46 bits per heavy atom. The molecule has 0 amide bonds. The molecule has 0 aliphatic heterocycles. The van der Waals surface area contributed by atoms with Crippen LogP contribution >= 0.6 is 11.6 Å². The molecule has 7 heteroatoms. The van der Waals surface area contributed by atoms with Crippen molar-refractivity contribution in [2.45, 2.75) is 52.1 Å². The Kier molecular flexibility index (Phi) is 5.61. The normalized spacial score (nSPS) is 14.2. The number of hydrogen-bond acceptors (Lipinski definition) is 4. The molecule has 0 spiro atoms. The Morgan fingerprint density at radius 2 is 1.69 bits per heavy atom. The van der Waals surface area contributed by atoms with Gasteiger partial charge in [0, 0.05) is 11.6 Å². The van der Waals surface area contributed by atoms with E-state index in [1.165, 1.54) is 18.4 Å². The minimum absolute atomic E-state index is 0.113. The van der Waals surface area contributed by atoms with Gasteiger partial charge in [0.15, 0.2) is 11.3 Å². The lowest BCUT2D eigenvalue weighted by Crippen LogP contribution is -2.25. The molecule has 0 saturated heterocycles. The zero-order valence-corrected chi connectivity index (χ0v) is 20.4.